The van der Waals surface area contributed by atoms with Crippen LogP contribution in [0.25, 0.3) is 0 Å². The first kappa shape index (κ1) is 16.4. The Labute approximate surface area is 141 Å². The number of aryl methyl sites for hydroxylation is 1. The van der Waals surface area contributed by atoms with E-state index in [0.29, 0.717) is 25.5 Å². The van der Waals surface area contributed by atoms with E-state index in [9.17, 15) is 4.79 Å². The highest BCUT2D eigenvalue weighted by molar-refractivity contribution is 5.90. The first-order valence-corrected chi connectivity index (χ1v) is 8.35. The molecule has 3 rings (SSSR count). The molecule has 2 aromatic rings. The molecule has 0 saturated carbocycles. The van der Waals surface area contributed by atoms with Gasteiger partial charge >= 0.3 is 0 Å². The standard InChI is InChI=1S/C17H23N5O2/c1-2-14-5-3-4-6-15(14)24-12-11-21-7-9-22(10-8-21)17(23)16-18-13-19-20-16/h3-6,13H,2,7-12H2,1H3,(H,18,19,20). The quantitative estimate of drug-likeness (QED) is 0.862. The molecule has 1 aromatic carbocycles. The predicted molar refractivity (Wildman–Crippen MR) is 90.0 cm³/mol. The predicted octanol–water partition coefficient (Wildman–Crippen LogP) is 1.20. The summed E-state index contributed by atoms with van der Waals surface area (Å²) in [7, 11) is 0. The minimum absolute atomic E-state index is 0.0831. The van der Waals surface area contributed by atoms with Gasteiger partial charge in [-0.15, -0.1) is 0 Å². The summed E-state index contributed by atoms with van der Waals surface area (Å²) in [5.41, 5.74) is 1.24. The fraction of sp³-hybridized carbons (Fsp3) is 0.471. The van der Waals surface area contributed by atoms with Crippen LogP contribution in [-0.4, -0.2) is 70.2 Å². The number of carbonyl (C=O) groups excluding carboxylic acids is 1. The molecule has 24 heavy (non-hydrogen) atoms. The maximum absolute atomic E-state index is 12.2. The molecule has 0 radical (unpaired) electrons. The van der Waals surface area contributed by atoms with E-state index in [1.54, 1.807) is 0 Å². The van der Waals surface area contributed by atoms with Crippen LogP contribution in [0.15, 0.2) is 30.6 Å². The van der Waals surface area contributed by atoms with Crippen LogP contribution in [-0.2, 0) is 6.42 Å². The van der Waals surface area contributed by atoms with Gasteiger partial charge in [-0.1, -0.05) is 25.1 Å². The average Bonchev–Trinajstić information content (AvgIpc) is 3.17. The number of aromatic nitrogens is 3. The third-order valence-corrected chi connectivity index (χ3v) is 4.30. The normalized spacial score (nSPS) is 15.5. The number of hydrogen-bond acceptors (Lipinski definition) is 5. The zero-order valence-corrected chi connectivity index (χ0v) is 13.9. The van der Waals surface area contributed by atoms with Crippen LogP contribution in [0.3, 0.4) is 0 Å². The number of para-hydroxylation sites is 1. The Hall–Kier alpha value is -2.41. The average molecular weight is 329 g/mol. The fourth-order valence-electron chi connectivity index (χ4n) is 2.85. The molecule has 7 heteroatoms. The molecule has 1 aliphatic heterocycles. The monoisotopic (exact) mass is 329 g/mol. The van der Waals surface area contributed by atoms with Crippen molar-refractivity contribution in [3.8, 4) is 5.75 Å². The zero-order chi connectivity index (χ0) is 16.8. The van der Waals surface area contributed by atoms with E-state index in [4.69, 9.17) is 4.74 Å². The molecule has 128 valence electrons. The van der Waals surface area contributed by atoms with Crippen LogP contribution in [0.1, 0.15) is 23.1 Å². The molecule has 0 spiro atoms. The Kier molecular flexibility index (Phi) is 5.43. The Morgan fingerprint density at radius 2 is 2.04 bits per heavy atom. The zero-order valence-electron chi connectivity index (χ0n) is 13.9. The van der Waals surface area contributed by atoms with Crippen LogP contribution in [0.5, 0.6) is 5.75 Å². The van der Waals surface area contributed by atoms with Gasteiger partial charge in [0.1, 0.15) is 18.7 Å². The number of aromatic amines is 1. The minimum atomic E-state index is -0.0831. The summed E-state index contributed by atoms with van der Waals surface area (Å²) < 4.78 is 5.92. The molecule has 0 bridgehead atoms. The van der Waals surface area contributed by atoms with Crippen molar-refractivity contribution in [2.24, 2.45) is 0 Å². The number of carbonyl (C=O) groups is 1. The Morgan fingerprint density at radius 3 is 2.75 bits per heavy atom. The summed E-state index contributed by atoms with van der Waals surface area (Å²) in [6.07, 6.45) is 2.33. The number of piperazine rings is 1. The van der Waals surface area contributed by atoms with Crippen LogP contribution < -0.4 is 4.74 Å². The van der Waals surface area contributed by atoms with Crippen molar-refractivity contribution in [1.82, 2.24) is 25.0 Å². The van der Waals surface area contributed by atoms with Crippen molar-refractivity contribution >= 4 is 5.91 Å². The summed E-state index contributed by atoms with van der Waals surface area (Å²) in [5.74, 6) is 1.20. The third kappa shape index (κ3) is 3.91. The second-order valence-corrected chi connectivity index (χ2v) is 5.78. The first-order valence-electron chi connectivity index (χ1n) is 8.35. The lowest BCUT2D eigenvalue weighted by molar-refractivity contribution is 0.0609. The van der Waals surface area contributed by atoms with Crippen molar-refractivity contribution in [3.63, 3.8) is 0 Å². The molecule has 1 N–H and O–H groups in total. The molecule has 0 aliphatic carbocycles. The molecule has 7 nitrogen and oxygen atoms in total. The van der Waals surface area contributed by atoms with E-state index in [1.807, 2.05) is 23.1 Å². The largest absolute Gasteiger partial charge is 0.492 e. The number of benzene rings is 1. The Balaban J connectivity index is 1.42. The molecule has 0 unspecified atom stereocenters. The maximum atomic E-state index is 12.2. The Bertz CT molecular complexity index is 651. The summed E-state index contributed by atoms with van der Waals surface area (Å²) in [5, 5.41) is 6.35. The second-order valence-electron chi connectivity index (χ2n) is 5.78. The highest BCUT2D eigenvalue weighted by atomic mass is 16.5. The summed E-state index contributed by atoms with van der Waals surface area (Å²) in [4.78, 5) is 20.2. The van der Waals surface area contributed by atoms with E-state index in [-0.39, 0.29) is 5.91 Å². The highest BCUT2D eigenvalue weighted by Crippen LogP contribution is 2.18. The smallest absolute Gasteiger partial charge is 0.291 e. The van der Waals surface area contributed by atoms with E-state index < -0.39 is 0 Å². The van der Waals surface area contributed by atoms with Gasteiger partial charge in [-0.2, -0.15) is 5.10 Å². The van der Waals surface area contributed by atoms with Gasteiger partial charge in [-0.25, -0.2) is 4.98 Å². The van der Waals surface area contributed by atoms with E-state index in [2.05, 4.69) is 33.1 Å². The lowest BCUT2D eigenvalue weighted by Crippen LogP contribution is -2.49. The van der Waals surface area contributed by atoms with Crippen molar-refractivity contribution in [3.05, 3.63) is 42.0 Å². The SMILES string of the molecule is CCc1ccccc1OCCN1CCN(C(=O)c2ncn[nH]2)CC1. The maximum Gasteiger partial charge on any atom is 0.291 e. The molecule has 1 aromatic heterocycles. The van der Waals surface area contributed by atoms with Crippen molar-refractivity contribution in [2.75, 3.05) is 39.3 Å². The lowest BCUT2D eigenvalue weighted by Gasteiger charge is -2.34. The van der Waals surface area contributed by atoms with Gasteiger partial charge in [0.25, 0.3) is 5.91 Å². The van der Waals surface area contributed by atoms with Crippen LogP contribution in [0.4, 0.5) is 0 Å². The number of nitrogens with one attached hydrogen (secondary N) is 1. The molecule has 0 atom stereocenters. The van der Waals surface area contributed by atoms with Gasteiger partial charge in [-0.05, 0) is 18.1 Å². The number of amides is 1. The molecular weight excluding hydrogens is 306 g/mol. The molecule has 2 heterocycles. The summed E-state index contributed by atoms with van der Waals surface area (Å²) in [6.45, 7) is 6.75. The minimum Gasteiger partial charge on any atom is -0.492 e. The number of rotatable bonds is 6. The third-order valence-electron chi connectivity index (χ3n) is 4.30. The van der Waals surface area contributed by atoms with Crippen molar-refractivity contribution in [2.45, 2.75) is 13.3 Å². The van der Waals surface area contributed by atoms with Crippen LogP contribution >= 0.6 is 0 Å². The molecule has 1 fully saturated rings. The molecular formula is C17H23N5O2. The van der Waals surface area contributed by atoms with E-state index in [0.717, 1.165) is 31.8 Å². The van der Waals surface area contributed by atoms with Crippen molar-refractivity contribution in [1.29, 1.82) is 0 Å². The lowest BCUT2D eigenvalue weighted by atomic mass is 10.1. The van der Waals surface area contributed by atoms with Gasteiger partial charge < -0.3 is 9.64 Å². The highest BCUT2D eigenvalue weighted by Gasteiger charge is 2.23. The summed E-state index contributed by atoms with van der Waals surface area (Å²) in [6, 6.07) is 8.16. The topological polar surface area (TPSA) is 74.3 Å². The van der Waals surface area contributed by atoms with Gasteiger partial charge in [0.15, 0.2) is 0 Å². The molecule has 1 saturated heterocycles. The summed E-state index contributed by atoms with van der Waals surface area (Å²) >= 11 is 0. The number of hydrogen-bond donors (Lipinski definition) is 1. The number of ether oxygens (including phenoxy) is 1. The van der Waals surface area contributed by atoms with Crippen molar-refractivity contribution < 1.29 is 9.53 Å². The first-order chi connectivity index (χ1) is 11.8. The number of nitrogens with zero attached hydrogens (tertiary/aromatic N) is 4. The Morgan fingerprint density at radius 1 is 1.25 bits per heavy atom. The van der Waals surface area contributed by atoms with Crippen LogP contribution in [0.2, 0.25) is 0 Å². The van der Waals surface area contributed by atoms with E-state index >= 15 is 0 Å². The second kappa shape index (κ2) is 7.92. The van der Waals surface area contributed by atoms with Gasteiger partial charge in [0.2, 0.25) is 5.82 Å². The fourth-order valence-corrected chi connectivity index (χ4v) is 2.85. The van der Waals surface area contributed by atoms with Gasteiger partial charge in [0.05, 0.1) is 0 Å². The number of H-pyrrole nitrogens is 1. The molecule has 1 aliphatic rings. The van der Waals surface area contributed by atoms with Gasteiger partial charge in [0, 0.05) is 32.7 Å². The van der Waals surface area contributed by atoms with E-state index in [1.165, 1.54) is 11.9 Å². The van der Waals surface area contributed by atoms with Gasteiger partial charge in [-0.3, -0.25) is 14.8 Å². The van der Waals surface area contributed by atoms with Crippen LogP contribution in [0, 0.1) is 0 Å². The molecule has 1 amide bonds.